The maximum atomic E-state index is 12.9. The zero-order valence-electron chi connectivity index (χ0n) is 15.2. The summed E-state index contributed by atoms with van der Waals surface area (Å²) in [7, 11) is 3.26. The van der Waals surface area contributed by atoms with E-state index in [0.29, 0.717) is 24.5 Å². The fraction of sp³-hybridized carbons (Fsp3) is 0.450. The third kappa shape index (κ3) is 3.00. The summed E-state index contributed by atoms with van der Waals surface area (Å²) in [6, 6.07) is 5.91. The number of ether oxygens (including phenoxy) is 2. The van der Waals surface area contributed by atoms with Gasteiger partial charge < -0.3 is 14.4 Å². The highest BCUT2D eigenvalue weighted by molar-refractivity contribution is 5.92. The number of aromatic nitrogens is 2. The van der Waals surface area contributed by atoms with Gasteiger partial charge in [-0.2, -0.15) is 5.10 Å². The van der Waals surface area contributed by atoms with Crippen molar-refractivity contribution in [3.8, 4) is 11.5 Å². The molecule has 26 heavy (non-hydrogen) atoms. The van der Waals surface area contributed by atoms with Gasteiger partial charge in [0.1, 0.15) is 0 Å². The SMILES string of the molecule is COc1cc2c(cc1OC)CN(C(=O)c1cc3c(nn1)CCCC3)CC2. The van der Waals surface area contributed by atoms with Crippen molar-refractivity contribution in [3.63, 3.8) is 0 Å². The van der Waals surface area contributed by atoms with Gasteiger partial charge in [-0.25, -0.2) is 0 Å². The van der Waals surface area contributed by atoms with Gasteiger partial charge in [-0.3, -0.25) is 4.79 Å². The number of amides is 1. The van der Waals surface area contributed by atoms with Crippen molar-refractivity contribution in [1.82, 2.24) is 15.1 Å². The zero-order valence-corrected chi connectivity index (χ0v) is 15.2. The molecule has 6 nitrogen and oxygen atoms in total. The molecule has 0 atom stereocenters. The van der Waals surface area contributed by atoms with Gasteiger partial charge in [0.2, 0.25) is 0 Å². The minimum atomic E-state index is -0.0497. The van der Waals surface area contributed by atoms with Crippen molar-refractivity contribution < 1.29 is 14.3 Å². The maximum Gasteiger partial charge on any atom is 0.274 e. The van der Waals surface area contributed by atoms with Crippen LogP contribution in [0.4, 0.5) is 0 Å². The predicted octanol–water partition coefficient (Wildman–Crippen LogP) is 2.57. The second-order valence-corrected chi connectivity index (χ2v) is 6.86. The van der Waals surface area contributed by atoms with Crippen LogP contribution in [0.25, 0.3) is 0 Å². The van der Waals surface area contributed by atoms with Crippen LogP contribution in [-0.4, -0.2) is 41.8 Å². The number of rotatable bonds is 3. The third-order valence-corrected chi connectivity index (χ3v) is 5.29. The summed E-state index contributed by atoms with van der Waals surface area (Å²) in [5.74, 6) is 1.37. The van der Waals surface area contributed by atoms with Gasteiger partial charge in [0.15, 0.2) is 17.2 Å². The van der Waals surface area contributed by atoms with E-state index in [1.165, 1.54) is 11.1 Å². The Morgan fingerprint density at radius 2 is 1.65 bits per heavy atom. The molecular weight excluding hydrogens is 330 g/mol. The Bertz CT molecular complexity index is 850. The largest absolute Gasteiger partial charge is 0.493 e. The van der Waals surface area contributed by atoms with E-state index in [2.05, 4.69) is 10.2 Å². The highest BCUT2D eigenvalue weighted by Gasteiger charge is 2.25. The number of carbonyl (C=O) groups excluding carboxylic acids is 1. The molecule has 0 saturated heterocycles. The fourth-order valence-corrected chi connectivity index (χ4v) is 3.81. The number of nitrogens with zero attached hydrogens (tertiary/aromatic N) is 3. The lowest BCUT2D eigenvalue weighted by Crippen LogP contribution is -2.36. The van der Waals surface area contributed by atoms with Gasteiger partial charge in [0.05, 0.1) is 19.9 Å². The van der Waals surface area contributed by atoms with Crippen LogP contribution in [0, 0.1) is 0 Å². The molecule has 2 aromatic rings. The highest BCUT2D eigenvalue weighted by Crippen LogP contribution is 2.33. The Hall–Kier alpha value is -2.63. The van der Waals surface area contributed by atoms with E-state index in [4.69, 9.17) is 9.47 Å². The van der Waals surface area contributed by atoms with Crippen molar-refractivity contribution in [2.45, 2.75) is 38.6 Å². The average molecular weight is 353 g/mol. The molecule has 0 saturated carbocycles. The Morgan fingerprint density at radius 1 is 0.923 bits per heavy atom. The van der Waals surface area contributed by atoms with Crippen LogP contribution < -0.4 is 9.47 Å². The van der Waals surface area contributed by atoms with E-state index in [1.54, 1.807) is 14.2 Å². The van der Waals surface area contributed by atoms with Crippen LogP contribution >= 0.6 is 0 Å². The minimum absolute atomic E-state index is 0.0497. The summed E-state index contributed by atoms with van der Waals surface area (Å²) >= 11 is 0. The first-order valence-electron chi connectivity index (χ1n) is 9.08. The summed E-state index contributed by atoms with van der Waals surface area (Å²) in [6.45, 7) is 1.22. The molecule has 0 radical (unpaired) electrons. The molecule has 0 fully saturated rings. The molecule has 1 aliphatic heterocycles. The maximum absolute atomic E-state index is 12.9. The highest BCUT2D eigenvalue weighted by atomic mass is 16.5. The summed E-state index contributed by atoms with van der Waals surface area (Å²) in [4.78, 5) is 14.8. The van der Waals surface area contributed by atoms with Gasteiger partial charge >= 0.3 is 0 Å². The van der Waals surface area contributed by atoms with E-state index < -0.39 is 0 Å². The topological polar surface area (TPSA) is 64.6 Å². The predicted molar refractivity (Wildman–Crippen MR) is 96.7 cm³/mol. The van der Waals surface area contributed by atoms with Crippen LogP contribution in [-0.2, 0) is 25.8 Å². The molecule has 1 aromatic heterocycles. The molecule has 2 heterocycles. The molecule has 0 bridgehead atoms. The van der Waals surface area contributed by atoms with Crippen LogP contribution in [0.5, 0.6) is 11.5 Å². The van der Waals surface area contributed by atoms with Crippen LogP contribution in [0.1, 0.15) is 45.7 Å². The van der Waals surface area contributed by atoms with E-state index in [1.807, 2.05) is 23.1 Å². The molecule has 6 heteroatoms. The normalized spacial score (nSPS) is 15.8. The zero-order chi connectivity index (χ0) is 18.1. The Balaban J connectivity index is 1.57. The van der Waals surface area contributed by atoms with Crippen molar-refractivity contribution in [2.75, 3.05) is 20.8 Å². The third-order valence-electron chi connectivity index (χ3n) is 5.29. The van der Waals surface area contributed by atoms with Gasteiger partial charge in [-0.15, -0.1) is 5.10 Å². The quantitative estimate of drug-likeness (QED) is 0.849. The Morgan fingerprint density at radius 3 is 2.42 bits per heavy atom. The van der Waals surface area contributed by atoms with Crippen molar-refractivity contribution in [3.05, 3.63) is 46.3 Å². The van der Waals surface area contributed by atoms with Crippen molar-refractivity contribution in [2.24, 2.45) is 0 Å². The standard InChI is InChI=1S/C20H23N3O3/c1-25-18-10-13-7-8-23(12-15(13)11-19(18)26-2)20(24)17-9-14-5-3-4-6-16(14)21-22-17/h9-11H,3-8,12H2,1-2H3. The summed E-state index contributed by atoms with van der Waals surface area (Å²) in [5, 5.41) is 8.49. The molecule has 1 amide bonds. The van der Waals surface area contributed by atoms with Gasteiger partial charge in [-0.1, -0.05) is 0 Å². The number of hydrogen-bond acceptors (Lipinski definition) is 5. The monoisotopic (exact) mass is 353 g/mol. The number of benzene rings is 1. The fourth-order valence-electron chi connectivity index (χ4n) is 3.81. The molecule has 1 aliphatic carbocycles. The molecule has 0 spiro atoms. The number of hydrogen-bond donors (Lipinski definition) is 0. The number of methoxy groups -OCH3 is 2. The van der Waals surface area contributed by atoms with E-state index >= 15 is 0 Å². The smallest absolute Gasteiger partial charge is 0.274 e. The van der Waals surface area contributed by atoms with Crippen molar-refractivity contribution in [1.29, 1.82) is 0 Å². The minimum Gasteiger partial charge on any atom is -0.493 e. The number of fused-ring (bicyclic) bond motifs is 2. The molecule has 4 rings (SSSR count). The Kier molecular flexibility index (Phi) is 4.49. The molecule has 2 aliphatic rings. The first kappa shape index (κ1) is 16.8. The number of aryl methyl sites for hydroxylation is 2. The van der Waals surface area contributed by atoms with Crippen LogP contribution in [0.15, 0.2) is 18.2 Å². The lowest BCUT2D eigenvalue weighted by molar-refractivity contribution is 0.0727. The summed E-state index contributed by atoms with van der Waals surface area (Å²) in [5.41, 5.74) is 4.97. The summed E-state index contributed by atoms with van der Waals surface area (Å²) in [6.07, 6.45) is 5.06. The molecule has 1 aromatic carbocycles. The molecular formula is C20H23N3O3. The first-order chi connectivity index (χ1) is 12.7. The van der Waals surface area contributed by atoms with Crippen LogP contribution in [0.3, 0.4) is 0 Å². The van der Waals surface area contributed by atoms with Crippen molar-refractivity contribution >= 4 is 5.91 Å². The second kappa shape index (κ2) is 6.94. The lowest BCUT2D eigenvalue weighted by atomic mass is 9.96. The average Bonchev–Trinajstić information content (AvgIpc) is 2.71. The van der Waals surface area contributed by atoms with E-state index in [0.717, 1.165) is 49.1 Å². The molecule has 136 valence electrons. The van der Waals surface area contributed by atoms with Gasteiger partial charge in [0, 0.05) is 13.1 Å². The van der Waals surface area contributed by atoms with E-state index in [-0.39, 0.29) is 5.91 Å². The molecule has 0 N–H and O–H groups in total. The van der Waals surface area contributed by atoms with Gasteiger partial charge in [-0.05, 0) is 67.0 Å². The second-order valence-electron chi connectivity index (χ2n) is 6.86. The number of carbonyl (C=O) groups is 1. The first-order valence-corrected chi connectivity index (χ1v) is 9.08. The van der Waals surface area contributed by atoms with Gasteiger partial charge in [0.25, 0.3) is 5.91 Å². The molecule has 0 unspecified atom stereocenters. The van der Waals surface area contributed by atoms with Crippen LogP contribution in [0.2, 0.25) is 0 Å². The summed E-state index contributed by atoms with van der Waals surface area (Å²) < 4.78 is 10.8. The Labute approximate surface area is 153 Å². The van der Waals surface area contributed by atoms with E-state index in [9.17, 15) is 4.79 Å². The lowest BCUT2D eigenvalue weighted by Gasteiger charge is -2.29.